The van der Waals surface area contributed by atoms with E-state index in [4.69, 9.17) is 14.2 Å². The number of methoxy groups -OCH3 is 2. The minimum absolute atomic E-state index is 0.230. The van der Waals surface area contributed by atoms with Gasteiger partial charge in [-0.3, -0.25) is 19.2 Å². The summed E-state index contributed by atoms with van der Waals surface area (Å²) in [5.41, 5.74) is 0.922. The molecule has 8 nitrogen and oxygen atoms in total. The van der Waals surface area contributed by atoms with E-state index in [2.05, 4.69) is 0 Å². The number of hydrogen-bond acceptors (Lipinski definition) is 8. The predicted molar refractivity (Wildman–Crippen MR) is 167 cm³/mol. The Hall–Kier alpha value is -5.50. The molecule has 1 spiro atoms. The standard InChI is InChI=1S/C37H29NO7/c1-21(39)45-28-15-9-12-22-16-19-30-37(35(41)25-13-7-8-14-26(25)36(37)42)31(27-18-17-24(43-2)20-29(27)44-3)33(38(30)32(22)28)34(40)23-10-5-4-6-11-23/h4-20,30-31,33H,1-3H3/t30-,31+,33-/m0/s1. The number of benzene rings is 4. The van der Waals surface area contributed by atoms with Gasteiger partial charge in [0.05, 0.1) is 25.9 Å². The number of carbonyl (C=O) groups is 4. The van der Waals surface area contributed by atoms with Crippen molar-refractivity contribution in [1.82, 2.24) is 0 Å². The Kier molecular flexibility index (Phi) is 6.66. The minimum atomic E-state index is -1.75. The summed E-state index contributed by atoms with van der Waals surface area (Å²) in [6.07, 6.45) is 3.65. The maximum atomic E-state index is 14.9. The summed E-state index contributed by atoms with van der Waals surface area (Å²) < 4.78 is 17.0. The Labute approximate surface area is 259 Å². The van der Waals surface area contributed by atoms with Crippen molar-refractivity contribution >= 4 is 35.1 Å². The second-order valence-electron chi connectivity index (χ2n) is 11.3. The molecular weight excluding hydrogens is 570 g/mol. The number of esters is 1. The predicted octanol–water partition coefficient (Wildman–Crippen LogP) is 5.95. The molecule has 45 heavy (non-hydrogen) atoms. The van der Waals surface area contributed by atoms with Crippen molar-refractivity contribution in [3.8, 4) is 17.2 Å². The molecule has 1 fully saturated rings. The zero-order valence-electron chi connectivity index (χ0n) is 24.9. The van der Waals surface area contributed by atoms with Gasteiger partial charge in [-0.25, -0.2) is 0 Å². The van der Waals surface area contributed by atoms with Crippen LogP contribution in [0, 0.1) is 5.41 Å². The highest BCUT2D eigenvalue weighted by Gasteiger charge is 2.72. The molecule has 2 aliphatic heterocycles. The van der Waals surface area contributed by atoms with E-state index >= 15 is 0 Å². The molecule has 0 saturated carbocycles. The average Bonchev–Trinajstić information content (AvgIpc) is 3.49. The van der Waals surface area contributed by atoms with Gasteiger partial charge in [-0.15, -0.1) is 0 Å². The molecule has 3 aliphatic rings. The van der Waals surface area contributed by atoms with Crippen LogP contribution in [0.1, 0.15) is 55.0 Å². The van der Waals surface area contributed by atoms with Crippen LogP contribution in [0.4, 0.5) is 5.69 Å². The Bertz CT molecular complexity index is 1890. The minimum Gasteiger partial charge on any atom is -0.497 e. The van der Waals surface area contributed by atoms with Gasteiger partial charge in [-0.2, -0.15) is 0 Å². The number of carbonyl (C=O) groups excluding carboxylic acids is 4. The van der Waals surface area contributed by atoms with Gasteiger partial charge in [-0.1, -0.05) is 84.9 Å². The number of fused-ring (bicyclic) bond motifs is 5. The highest BCUT2D eigenvalue weighted by Crippen LogP contribution is 2.63. The Morgan fingerprint density at radius 1 is 0.778 bits per heavy atom. The monoisotopic (exact) mass is 599 g/mol. The van der Waals surface area contributed by atoms with Gasteiger partial charge in [0.15, 0.2) is 23.1 Å². The lowest BCUT2D eigenvalue weighted by Crippen LogP contribution is -2.48. The van der Waals surface area contributed by atoms with E-state index in [9.17, 15) is 19.2 Å². The number of anilines is 1. The average molecular weight is 600 g/mol. The van der Waals surface area contributed by atoms with Crippen LogP contribution in [0.3, 0.4) is 0 Å². The fraction of sp³-hybridized carbons (Fsp3) is 0.189. The van der Waals surface area contributed by atoms with Gasteiger partial charge < -0.3 is 19.1 Å². The summed E-state index contributed by atoms with van der Waals surface area (Å²) in [7, 11) is 3.04. The maximum absolute atomic E-state index is 14.9. The summed E-state index contributed by atoms with van der Waals surface area (Å²) in [6, 6.07) is 24.1. The summed E-state index contributed by atoms with van der Waals surface area (Å²) in [6.45, 7) is 1.30. The third-order valence-electron chi connectivity index (χ3n) is 9.14. The Balaban J connectivity index is 1.59. The normalized spacial score (nSPS) is 20.4. The van der Waals surface area contributed by atoms with E-state index in [1.54, 1.807) is 78.9 Å². The molecular formula is C37H29NO7. The van der Waals surface area contributed by atoms with Crippen LogP contribution >= 0.6 is 0 Å². The van der Waals surface area contributed by atoms with Gasteiger partial charge >= 0.3 is 5.97 Å². The molecule has 224 valence electrons. The number of para-hydroxylation sites is 1. The first-order chi connectivity index (χ1) is 21.8. The van der Waals surface area contributed by atoms with E-state index in [-0.39, 0.29) is 23.1 Å². The molecule has 8 heteroatoms. The molecule has 4 aromatic rings. The summed E-state index contributed by atoms with van der Waals surface area (Å²) >= 11 is 0. The summed E-state index contributed by atoms with van der Waals surface area (Å²) in [5.74, 6) is -1.47. The van der Waals surface area contributed by atoms with Crippen molar-refractivity contribution in [2.24, 2.45) is 5.41 Å². The highest BCUT2D eigenvalue weighted by atomic mass is 16.5. The van der Waals surface area contributed by atoms with Crippen LogP contribution in [0.5, 0.6) is 17.2 Å². The van der Waals surface area contributed by atoms with E-state index in [1.165, 1.54) is 21.1 Å². The van der Waals surface area contributed by atoms with Crippen LogP contribution in [0.15, 0.2) is 97.1 Å². The molecule has 7 rings (SSSR count). The quantitative estimate of drug-likeness (QED) is 0.116. The lowest BCUT2D eigenvalue weighted by Gasteiger charge is -2.37. The molecule has 4 aromatic carbocycles. The number of Topliss-reactive ketones (excluding diaryl/α,β-unsaturated/α-hetero) is 3. The van der Waals surface area contributed by atoms with Crippen LogP contribution < -0.4 is 19.1 Å². The molecule has 1 saturated heterocycles. The number of ether oxygens (including phenoxy) is 3. The molecule has 0 amide bonds. The van der Waals surface area contributed by atoms with Crippen LogP contribution in [-0.4, -0.2) is 49.6 Å². The number of hydrogen-bond donors (Lipinski definition) is 0. The van der Waals surface area contributed by atoms with Crippen molar-refractivity contribution in [3.05, 3.63) is 125 Å². The summed E-state index contributed by atoms with van der Waals surface area (Å²) in [5, 5.41) is 0. The fourth-order valence-corrected chi connectivity index (χ4v) is 7.41. The van der Waals surface area contributed by atoms with E-state index in [0.29, 0.717) is 45.0 Å². The number of ketones is 3. The first kappa shape index (κ1) is 28.3. The van der Waals surface area contributed by atoms with Crippen molar-refractivity contribution < 1.29 is 33.4 Å². The Morgan fingerprint density at radius 3 is 2.11 bits per heavy atom. The Morgan fingerprint density at radius 2 is 1.47 bits per heavy atom. The molecule has 0 bridgehead atoms. The van der Waals surface area contributed by atoms with E-state index in [0.717, 1.165) is 0 Å². The van der Waals surface area contributed by atoms with Crippen molar-refractivity contribution in [2.45, 2.75) is 24.9 Å². The zero-order chi connectivity index (χ0) is 31.5. The molecule has 0 unspecified atom stereocenters. The fourth-order valence-electron chi connectivity index (χ4n) is 7.41. The van der Waals surface area contributed by atoms with Crippen LogP contribution in [0.25, 0.3) is 6.08 Å². The summed E-state index contributed by atoms with van der Waals surface area (Å²) in [4.78, 5) is 58.9. The van der Waals surface area contributed by atoms with Crippen molar-refractivity contribution in [3.63, 3.8) is 0 Å². The molecule has 2 heterocycles. The molecule has 3 atom stereocenters. The van der Waals surface area contributed by atoms with Gasteiger partial charge in [0, 0.05) is 46.7 Å². The SMILES string of the molecule is COc1ccc([C@@H]2[C@@H](C(=O)c3ccccc3)N3c4c(cccc4OC(C)=O)C=C[C@H]3C23C(=O)c2ccccc2C3=O)c(OC)c1. The topological polar surface area (TPSA) is 99.2 Å². The van der Waals surface area contributed by atoms with Gasteiger partial charge in [0.2, 0.25) is 0 Å². The van der Waals surface area contributed by atoms with Gasteiger partial charge in [0.25, 0.3) is 0 Å². The first-order valence-corrected chi connectivity index (χ1v) is 14.6. The van der Waals surface area contributed by atoms with E-state index < -0.39 is 29.4 Å². The van der Waals surface area contributed by atoms with Crippen molar-refractivity contribution in [2.75, 3.05) is 19.1 Å². The molecule has 0 radical (unpaired) electrons. The second kappa shape index (κ2) is 10.6. The lowest BCUT2D eigenvalue weighted by atomic mass is 9.64. The van der Waals surface area contributed by atoms with Gasteiger partial charge in [-0.05, 0) is 12.1 Å². The lowest BCUT2D eigenvalue weighted by molar-refractivity contribution is -0.131. The maximum Gasteiger partial charge on any atom is 0.308 e. The second-order valence-corrected chi connectivity index (χ2v) is 11.3. The molecule has 0 N–H and O–H groups in total. The van der Waals surface area contributed by atoms with Crippen molar-refractivity contribution in [1.29, 1.82) is 0 Å². The smallest absolute Gasteiger partial charge is 0.308 e. The van der Waals surface area contributed by atoms with Crippen LogP contribution in [-0.2, 0) is 4.79 Å². The zero-order valence-corrected chi connectivity index (χ0v) is 24.9. The molecule has 0 aromatic heterocycles. The van der Waals surface area contributed by atoms with E-state index in [1.807, 2.05) is 29.2 Å². The highest BCUT2D eigenvalue weighted by molar-refractivity contribution is 6.32. The number of rotatable bonds is 6. The van der Waals surface area contributed by atoms with Gasteiger partial charge in [0.1, 0.15) is 23.0 Å². The molecule has 1 aliphatic carbocycles. The number of nitrogens with zero attached hydrogens (tertiary/aromatic N) is 1. The first-order valence-electron chi connectivity index (χ1n) is 14.6. The third kappa shape index (κ3) is 3.98. The third-order valence-corrected chi connectivity index (χ3v) is 9.14. The largest absolute Gasteiger partial charge is 0.497 e. The van der Waals surface area contributed by atoms with Crippen LogP contribution in [0.2, 0.25) is 0 Å².